The zero-order chi connectivity index (χ0) is 12.5. The number of nitrogens with zero attached hydrogens (tertiary/aromatic N) is 1. The average Bonchev–Trinajstić information content (AvgIpc) is 2.60. The molecule has 1 aromatic rings. The van der Waals surface area contributed by atoms with Gasteiger partial charge >= 0.3 is 0 Å². The number of hydrogen-bond donors (Lipinski definition) is 1. The van der Waals surface area contributed by atoms with Gasteiger partial charge in [0.15, 0.2) is 0 Å². The van der Waals surface area contributed by atoms with E-state index in [1.165, 1.54) is 0 Å². The van der Waals surface area contributed by atoms with Crippen LogP contribution in [0, 0.1) is 6.92 Å². The van der Waals surface area contributed by atoms with E-state index in [4.69, 9.17) is 0 Å². The molecule has 5 heteroatoms. The lowest BCUT2D eigenvalue weighted by Crippen LogP contribution is -2.16. The minimum Gasteiger partial charge on any atom is -0.302 e. The first kappa shape index (κ1) is 12.4. The van der Waals surface area contributed by atoms with E-state index in [2.05, 4.69) is 26.2 Å². The van der Waals surface area contributed by atoms with Crippen LogP contribution in [-0.4, -0.2) is 16.5 Å². The molecule has 0 aromatic carbocycles. The topological polar surface area (TPSA) is 42.0 Å². The zero-order valence-electron chi connectivity index (χ0n) is 9.61. The third-order valence-electron chi connectivity index (χ3n) is 2.49. The Morgan fingerprint density at radius 3 is 2.82 bits per heavy atom. The number of anilines is 1. The highest BCUT2D eigenvalue weighted by atomic mass is 79.9. The third-order valence-corrected chi connectivity index (χ3v) is 7.29. The van der Waals surface area contributed by atoms with Crippen LogP contribution in [0.5, 0.6) is 0 Å². The lowest BCUT2D eigenvalue weighted by molar-refractivity contribution is 0.269. The number of aryl methyl sites for hydroxylation is 1. The molecule has 0 fully saturated rings. The van der Waals surface area contributed by atoms with Crippen LogP contribution < -0.4 is 5.32 Å². The summed E-state index contributed by atoms with van der Waals surface area (Å²) in [5, 5.41) is 4.80. The van der Waals surface area contributed by atoms with Crippen molar-refractivity contribution in [1.29, 1.82) is 0 Å². The van der Waals surface area contributed by atoms with Crippen LogP contribution in [0.3, 0.4) is 0 Å². The summed E-state index contributed by atoms with van der Waals surface area (Å²) >= 11 is 3.44. The van der Waals surface area contributed by atoms with Gasteiger partial charge < -0.3 is 5.32 Å². The third kappa shape index (κ3) is 2.45. The van der Waals surface area contributed by atoms with Crippen molar-refractivity contribution in [3.8, 4) is 0 Å². The highest BCUT2D eigenvalue weighted by Crippen LogP contribution is 2.60. The van der Waals surface area contributed by atoms with Crippen LogP contribution in [0.4, 0.5) is 10.6 Å². The predicted octanol–water partition coefficient (Wildman–Crippen LogP) is 4.12. The van der Waals surface area contributed by atoms with Gasteiger partial charge in [0, 0.05) is 9.51 Å². The number of rotatable bonds is 1. The van der Waals surface area contributed by atoms with E-state index in [1.807, 2.05) is 42.9 Å². The second-order valence-corrected chi connectivity index (χ2v) is 8.28. The fourth-order valence-corrected chi connectivity index (χ4v) is 3.87. The van der Waals surface area contributed by atoms with Crippen LogP contribution in [0.1, 0.15) is 5.69 Å². The van der Waals surface area contributed by atoms with Gasteiger partial charge in [0.25, 0.3) is 5.24 Å². The van der Waals surface area contributed by atoms with Crippen molar-refractivity contribution in [2.75, 3.05) is 11.6 Å². The molecule has 3 nitrogen and oxygen atoms in total. The highest BCUT2D eigenvalue weighted by Gasteiger charge is 2.30. The molecule has 1 aromatic heterocycles. The van der Waals surface area contributed by atoms with E-state index in [-0.39, 0.29) is 5.24 Å². The van der Waals surface area contributed by atoms with Gasteiger partial charge in [-0.15, -0.1) is 10.0 Å². The van der Waals surface area contributed by atoms with Crippen LogP contribution >= 0.6 is 26.0 Å². The molecular formula is C12H13BrN2OS. The Morgan fingerprint density at radius 2 is 2.24 bits per heavy atom. The quantitative estimate of drug-likeness (QED) is 0.847. The van der Waals surface area contributed by atoms with E-state index in [0.29, 0.717) is 5.82 Å². The number of carbonyl (C=O) groups is 1. The number of hydrogen-bond acceptors (Lipinski definition) is 2. The van der Waals surface area contributed by atoms with E-state index in [0.717, 1.165) is 9.51 Å². The monoisotopic (exact) mass is 312 g/mol. The lowest BCUT2D eigenvalue weighted by Gasteiger charge is -2.27. The van der Waals surface area contributed by atoms with Gasteiger partial charge in [0.2, 0.25) is 0 Å². The van der Waals surface area contributed by atoms with Crippen LogP contribution in [-0.2, 0) is 0 Å². The minimum atomic E-state index is -1.56. The van der Waals surface area contributed by atoms with Crippen molar-refractivity contribution in [3.05, 3.63) is 45.3 Å². The van der Waals surface area contributed by atoms with Gasteiger partial charge in [-0.2, -0.15) is 0 Å². The van der Waals surface area contributed by atoms with Gasteiger partial charge in [-0.25, -0.2) is 4.98 Å². The Kier molecular flexibility index (Phi) is 3.40. The fraction of sp³-hybridized carbons (Fsp3) is 0.167. The maximum absolute atomic E-state index is 12.2. The molecule has 1 aliphatic rings. The molecule has 0 spiro atoms. The van der Waals surface area contributed by atoms with Gasteiger partial charge in [0.1, 0.15) is 5.82 Å². The Morgan fingerprint density at radius 1 is 1.47 bits per heavy atom. The molecule has 2 heterocycles. The molecule has 1 aliphatic heterocycles. The van der Waals surface area contributed by atoms with Crippen molar-refractivity contribution in [1.82, 2.24) is 4.98 Å². The lowest BCUT2D eigenvalue weighted by atomic mass is 10.4. The Balaban J connectivity index is 2.18. The number of pyridine rings is 1. The summed E-state index contributed by atoms with van der Waals surface area (Å²) in [4.78, 5) is 16.5. The summed E-state index contributed by atoms with van der Waals surface area (Å²) in [6, 6.07) is 5.57. The molecule has 1 atom stereocenters. The highest BCUT2D eigenvalue weighted by molar-refractivity contribution is 9.15. The summed E-state index contributed by atoms with van der Waals surface area (Å²) < 4.78 is 0.940. The second kappa shape index (κ2) is 4.66. The molecular weight excluding hydrogens is 300 g/mol. The number of halogens is 1. The van der Waals surface area contributed by atoms with E-state index in [1.54, 1.807) is 6.07 Å². The number of amides is 1. The molecule has 90 valence electrons. The molecule has 0 bridgehead atoms. The smallest absolute Gasteiger partial charge is 0.275 e. The van der Waals surface area contributed by atoms with Gasteiger partial charge in [-0.05, 0) is 52.7 Å². The number of nitrogens with one attached hydrogen (secondary N) is 1. The van der Waals surface area contributed by atoms with Crippen molar-refractivity contribution >= 4 is 37.0 Å². The summed E-state index contributed by atoms with van der Waals surface area (Å²) in [6.45, 7) is 1.90. The molecule has 0 radical (unpaired) electrons. The number of aromatic nitrogens is 1. The molecule has 0 aliphatic carbocycles. The van der Waals surface area contributed by atoms with Crippen molar-refractivity contribution in [2.24, 2.45) is 0 Å². The number of allylic oxidation sites excluding steroid dienone is 2. The normalized spacial score (nSPS) is 26.2. The summed E-state index contributed by atoms with van der Waals surface area (Å²) in [5.74, 6) is 0.601. The Labute approximate surface area is 110 Å². The van der Waals surface area contributed by atoms with Crippen molar-refractivity contribution in [2.45, 2.75) is 6.92 Å². The maximum Gasteiger partial charge on any atom is 0.275 e. The van der Waals surface area contributed by atoms with E-state index in [9.17, 15) is 4.79 Å². The standard InChI is InChI=1S/C12H13BrN2OS/c1-9-5-3-7-11(14-9)15-12(16)17(2)8-4-6-10(17)13/h3-8H,1-2H3,(H,14,15,16). The first-order valence-electron chi connectivity index (χ1n) is 5.09. The maximum atomic E-state index is 12.2. The first-order chi connectivity index (χ1) is 8.02. The van der Waals surface area contributed by atoms with Gasteiger partial charge in [-0.3, -0.25) is 4.79 Å². The fourth-order valence-electron chi connectivity index (χ4n) is 1.45. The molecule has 1 amide bonds. The molecule has 1 unspecified atom stereocenters. The average molecular weight is 313 g/mol. The predicted molar refractivity (Wildman–Crippen MR) is 77.7 cm³/mol. The van der Waals surface area contributed by atoms with E-state index < -0.39 is 10.0 Å². The first-order valence-corrected chi connectivity index (χ1v) is 7.99. The second-order valence-electron chi connectivity index (χ2n) is 3.86. The molecule has 2 rings (SSSR count). The summed E-state index contributed by atoms with van der Waals surface area (Å²) in [5.41, 5.74) is 0.888. The molecule has 0 saturated carbocycles. The molecule has 17 heavy (non-hydrogen) atoms. The minimum absolute atomic E-state index is 0.00697. The SMILES string of the molecule is Cc1cccc(NC(=O)S2(C)C=CC=C2Br)n1. The summed E-state index contributed by atoms with van der Waals surface area (Å²) in [7, 11) is -1.56. The number of carbonyl (C=O) groups excluding carboxylic acids is 1. The van der Waals surface area contributed by atoms with Crippen LogP contribution in [0.2, 0.25) is 0 Å². The van der Waals surface area contributed by atoms with Gasteiger partial charge in [0.05, 0.1) is 0 Å². The van der Waals surface area contributed by atoms with Crippen LogP contribution in [0.15, 0.2) is 39.6 Å². The zero-order valence-corrected chi connectivity index (χ0v) is 12.0. The molecule has 1 N–H and O–H groups in total. The van der Waals surface area contributed by atoms with Gasteiger partial charge in [-0.1, -0.05) is 12.1 Å². The molecule has 0 saturated heterocycles. The summed E-state index contributed by atoms with van der Waals surface area (Å²) in [6.07, 6.45) is 5.77. The van der Waals surface area contributed by atoms with Crippen molar-refractivity contribution < 1.29 is 4.79 Å². The largest absolute Gasteiger partial charge is 0.302 e. The Hall–Kier alpha value is -1.07. The van der Waals surface area contributed by atoms with E-state index >= 15 is 0 Å². The van der Waals surface area contributed by atoms with Crippen LogP contribution in [0.25, 0.3) is 0 Å². The Bertz CT molecular complexity index is 527. The van der Waals surface area contributed by atoms with Crippen molar-refractivity contribution in [3.63, 3.8) is 0 Å².